The molecule has 11 atom stereocenters. The Balaban J connectivity index is 1.93. The fourth-order valence-corrected chi connectivity index (χ4v) is 2.91. The van der Waals surface area contributed by atoms with E-state index in [9.17, 15) is 35.7 Å². The molecule has 2 rings (SSSR count). The highest BCUT2D eigenvalue weighted by atomic mass is 16.7. The normalized spacial score (nSPS) is 45.8. The van der Waals surface area contributed by atoms with Crippen molar-refractivity contribution in [2.75, 3.05) is 26.4 Å². The van der Waals surface area contributed by atoms with Gasteiger partial charge in [0.15, 0.2) is 12.6 Å². The molecule has 2 saturated heterocycles. The maximum atomic E-state index is 9.94. The predicted molar refractivity (Wildman–Crippen MR) is 85.4 cm³/mol. The van der Waals surface area contributed by atoms with Crippen molar-refractivity contribution in [2.45, 2.75) is 67.5 Å². The predicted octanol–water partition coefficient (Wildman–Crippen LogP) is -6.02. The van der Waals surface area contributed by atoms with Gasteiger partial charge in [-0.2, -0.15) is 0 Å². The molecule has 1 unspecified atom stereocenters. The van der Waals surface area contributed by atoms with Gasteiger partial charge in [-0.3, -0.25) is 0 Å². The van der Waals surface area contributed by atoms with E-state index < -0.39 is 93.9 Å². The highest BCUT2D eigenvalue weighted by molar-refractivity contribution is 4.90. The van der Waals surface area contributed by atoms with E-state index in [4.69, 9.17) is 29.2 Å². The molecule has 13 nitrogen and oxygen atoms in total. The molecule has 2 fully saturated rings. The molecule has 28 heavy (non-hydrogen) atoms. The molecule has 0 aromatic rings. The molecule has 13 heteroatoms. The van der Waals surface area contributed by atoms with E-state index in [1.54, 1.807) is 0 Å². The van der Waals surface area contributed by atoms with E-state index in [-0.39, 0.29) is 0 Å². The molecule has 166 valence electrons. The zero-order valence-electron chi connectivity index (χ0n) is 14.8. The first-order valence-corrected chi connectivity index (χ1v) is 8.74. The summed E-state index contributed by atoms with van der Waals surface area (Å²) in [6, 6.07) is 0. The summed E-state index contributed by atoms with van der Waals surface area (Å²) in [7, 11) is 0. The Bertz CT molecular complexity index is 463. The second kappa shape index (κ2) is 10.5. The standard InChI is InChI=1S/C15H28O13/c16-1-5(26-15-13(24)11(22)9(20)7(3-18)28-15)4-25-14-12(23)10(21)8(19)6(2-17)27-14/h5-24H,1-4H2/t5?,6-,7-,8-,9-,10+,11+,12-,13-,14+,15+/m1/s1. The third-order valence-electron chi connectivity index (χ3n) is 4.67. The van der Waals surface area contributed by atoms with Crippen LogP contribution in [0.25, 0.3) is 0 Å². The van der Waals surface area contributed by atoms with Crippen molar-refractivity contribution < 1.29 is 64.9 Å². The van der Waals surface area contributed by atoms with Crippen molar-refractivity contribution in [1.82, 2.24) is 0 Å². The molecule has 9 N–H and O–H groups in total. The first-order valence-electron chi connectivity index (χ1n) is 8.74. The van der Waals surface area contributed by atoms with Crippen molar-refractivity contribution in [3.63, 3.8) is 0 Å². The van der Waals surface area contributed by atoms with Gasteiger partial charge in [-0.1, -0.05) is 0 Å². The molecule has 2 aliphatic heterocycles. The van der Waals surface area contributed by atoms with Gasteiger partial charge in [0.2, 0.25) is 0 Å². The van der Waals surface area contributed by atoms with Crippen molar-refractivity contribution in [2.24, 2.45) is 0 Å². The quantitative estimate of drug-likeness (QED) is 0.180. The van der Waals surface area contributed by atoms with E-state index in [2.05, 4.69) is 0 Å². The van der Waals surface area contributed by atoms with E-state index in [0.29, 0.717) is 0 Å². The highest BCUT2D eigenvalue weighted by Crippen LogP contribution is 2.24. The Labute approximate surface area is 159 Å². The van der Waals surface area contributed by atoms with Crippen LogP contribution in [0.15, 0.2) is 0 Å². The van der Waals surface area contributed by atoms with Crippen molar-refractivity contribution in [1.29, 1.82) is 0 Å². The summed E-state index contributed by atoms with van der Waals surface area (Å²) >= 11 is 0. The smallest absolute Gasteiger partial charge is 0.187 e. The molecule has 0 spiro atoms. The van der Waals surface area contributed by atoms with Crippen LogP contribution in [0.2, 0.25) is 0 Å². The highest BCUT2D eigenvalue weighted by Gasteiger charge is 2.46. The largest absolute Gasteiger partial charge is 0.394 e. The number of ether oxygens (including phenoxy) is 4. The lowest BCUT2D eigenvalue weighted by atomic mass is 9.99. The van der Waals surface area contributed by atoms with E-state index in [0.717, 1.165) is 0 Å². The van der Waals surface area contributed by atoms with Crippen molar-refractivity contribution in [3.8, 4) is 0 Å². The maximum Gasteiger partial charge on any atom is 0.187 e. The number of aliphatic hydroxyl groups is 9. The Morgan fingerprint density at radius 3 is 1.57 bits per heavy atom. The third kappa shape index (κ3) is 5.14. The monoisotopic (exact) mass is 416 g/mol. The number of hydrogen-bond donors (Lipinski definition) is 9. The minimum atomic E-state index is -1.68. The Morgan fingerprint density at radius 1 is 0.643 bits per heavy atom. The molecule has 0 aromatic heterocycles. The molecule has 2 heterocycles. The summed E-state index contributed by atoms with van der Waals surface area (Å²) in [4.78, 5) is 0. The van der Waals surface area contributed by atoms with E-state index in [1.807, 2.05) is 0 Å². The van der Waals surface area contributed by atoms with Gasteiger partial charge >= 0.3 is 0 Å². The summed E-state index contributed by atoms with van der Waals surface area (Å²) in [5, 5.41) is 86.5. The van der Waals surface area contributed by atoms with Gasteiger partial charge in [0.05, 0.1) is 26.4 Å². The Morgan fingerprint density at radius 2 is 1.11 bits per heavy atom. The molecular weight excluding hydrogens is 388 g/mol. The lowest BCUT2D eigenvalue weighted by molar-refractivity contribution is -0.330. The second-order valence-electron chi connectivity index (χ2n) is 6.67. The minimum absolute atomic E-state index is 0.436. The number of rotatable bonds is 8. The molecule has 0 aliphatic carbocycles. The summed E-state index contributed by atoms with van der Waals surface area (Å²) in [5.74, 6) is 0. The zero-order valence-corrected chi connectivity index (χ0v) is 14.8. The van der Waals surface area contributed by atoms with Crippen LogP contribution in [-0.4, -0.2) is 140 Å². The Hall–Kier alpha value is -0.520. The first kappa shape index (κ1) is 23.8. The van der Waals surface area contributed by atoms with Gasteiger partial charge in [-0.15, -0.1) is 0 Å². The van der Waals surface area contributed by atoms with Crippen LogP contribution in [0.1, 0.15) is 0 Å². The lowest BCUT2D eigenvalue weighted by Gasteiger charge is -2.41. The van der Waals surface area contributed by atoms with Crippen LogP contribution in [0.4, 0.5) is 0 Å². The lowest BCUT2D eigenvalue weighted by Crippen LogP contribution is -2.60. The summed E-state index contributed by atoms with van der Waals surface area (Å²) in [6.45, 7) is -2.38. The van der Waals surface area contributed by atoms with E-state index >= 15 is 0 Å². The SMILES string of the molecule is OCC(CO[C@H]1O[C@H](CO)[C@@H](O)[C@H](O)[C@H]1O)O[C@H]1O[C@H](CO)[C@@H](O)[C@H](O)[C@H]1O. The summed E-state index contributed by atoms with van der Waals surface area (Å²) in [5.41, 5.74) is 0. The summed E-state index contributed by atoms with van der Waals surface area (Å²) in [6.07, 6.45) is -16.3. The molecule has 0 aromatic carbocycles. The van der Waals surface area contributed by atoms with Gasteiger partial charge in [0, 0.05) is 0 Å². The van der Waals surface area contributed by atoms with Crippen molar-refractivity contribution >= 4 is 0 Å². The average Bonchev–Trinajstić information content (AvgIpc) is 2.70. The zero-order chi connectivity index (χ0) is 21.0. The molecule has 0 amide bonds. The maximum absolute atomic E-state index is 9.94. The number of hydrogen-bond acceptors (Lipinski definition) is 13. The molecule has 0 saturated carbocycles. The fraction of sp³-hybridized carbons (Fsp3) is 1.00. The summed E-state index contributed by atoms with van der Waals surface area (Å²) < 4.78 is 20.8. The Kier molecular flexibility index (Phi) is 8.90. The van der Waals surface area contributed by atoms with Crippen LogP contribution in [0.5, 0.6) is 0 Å². The van der Waals surface area contributed by atoms with Gasteiger partial charge < -0.3 is 64.9 Å². The van der Waals surface area contributed by atoms with Gasteiger partial charge in [0.1, 0.15) is 54.9 Å². The number of aliphatic hydroxyl groups excluding tert-OH is 9. The first-order chi connectivity index (χ1) is 13.2. The van der Waals surface area contributed by atoms with Crippen LogP contribution in [-0.2, 0) is 18.9 Å². The molecule has 2 aliphatic rings. The van der Waals surface area contributed by atoms with Crippen LogP contribution in [0.3, 0.4) is 0 Å². The minimum Gasteiger partial charge on any atom is -0.394 e. The molecular formula is C15H28O13. The van der Waals surface area contributed by atoms with Crippen molar-refractivity contribution in [3.05, 3.63) is 0 Å². The van der Waals surface area contributed by atoms with Gasteiger partial charge in [-0.05, 0) is 0 Å². The van der Waals surface area contributed by atoms with Crippen LogP contribution in [0, 0.1) is 0 Å². The molecule has 0 bridgehead atoms. The van der Waals surface area contributed by atoms with Crippen LogP contribution < -0.4 is 0 Å². The van der Waals surface area contributed by atoms with Gasteiger partial charge in [-0.25, -0.2) is 0 Å². The topological polar surface area (TPSA) is 219 Å². The van der Waals surface area contributed by atoms with Gasteiger partial charge in [0.25, 0.3) is 0 Å². The average molecular weight is 416 g/mol. The third-order valence-corrected chi connectivity index (χ3v) is 4.67. The van der Waals surface area contributed by atoms with E-state index in [1.165, 1.54) is 0 Å². The van der Waals surface area contributed by atoms with Crippen LogP contribution >= 0.6 is 0 Å². The fourth-order valence-electron chi connectivity index (χ4n) is 2.91. The second-order valence-corrected chi connectivity index (χ2v) is 6.67. The molecule has 0 radical (unpaired) electrons.